The third-order valence-corrected chi connectivity index (χ3v) is 5.23. The van der Waals surface area contributed by atoms with Crippen molar-refractivity contribution in [2.24, 2.45) is 5.92 Å². The number of carboxylic acid groups (broad SMARTS) is 1. The smallest absolute Gasteiger partial charge is 0.314 e. The van der Waals surface area contributed by atoms with Gasteiger partial charge in [0.1, 0.15) is 11.7 Å². The fraction of sp³-hybridized carbons (Fsp3) is 0.769. The van der Waals surface area contributed by atoms with Gasteiger partial charge in [0.15, 0.2) is 5.82 Å². The third kappa shape index (κ3) is 2.78. The normalized spacial score (nSPS) is 26.9. The predicted molar refractivity (Wildman–Crippen MR) is 73.4 cm³/mol. The molecule has 104 valence electrons. The Bertz CT molecular complexity index is 468. The largest absolute Gasteiger partial charge is 0.481 e. The standard InChI is InChI=1S/C13H19N3O2S/c17-13(18)10-4-1-5-16-12(10)14-11(15-16)7-9-3-2-6-19-8-9/h9-10H,1-8H2,(H,17,18). The minimum Gasteiger partial charge on any atom is -0.481 e. The molecule has 2 atom stereocenters. The number of hydrogen-bond donors (Lipinski definition) is 1. The molecule has 1 fully saturated rings. The number of fused-ring (bicyclic) bond motifs is 1. The lowest BCUT2D eigenvalue weighted by Gasteiger charge is -2.19. The summed E-state index contributed by atoms with van der Waals surface area (Å²) >= 11 is 2.01. The van der Waals surface area contributed by atoms with Crippen LogP contribution < -0.4 is 0 Å². The Morgan fingerprint density at radius 3 is 3.05 bits per heavy atom. The van der Waals surface area contributed by atoms with Gasteiger partial charge in [0.2, 0.25) is 0 Å². The van der Waals surface area contributed by atoms with Gasteiger partial charge in [-0.2, -0.15) is 16.9 Å². The summed E-state index contributed by atoms with van der Waals surface area (Å²) in [6.07, 6.45) is 5.00. The van der Waals surface area contributed by atoms with Crippen LogP contribution >= 0.6 is 11.8 Å². The first-order valence-electron chi connectivity index (χ1n) is 6.98. The number of aryl methyl sites for hydroxylation is 1. The molecule has 3 heterocycles. The summed E-state index contributed by atoms with van der Waals surface area (Å²) in [6, 6.07) is 0. The van der Waals surface area contributed by atoms with Gasteiger partial charge in [-0.3, -0.25) is 4.79 Å². The molecule has 2 unspecified atom stereocenters. The number of rotatable bonds is 3. The third-order valence-electron chi connectivity index (χ3n) is 3.94. The molecule has 1 aromatic rings. The molecular weight excluding hydrogens is 262 g/mol. The van der Waals surface area contributed by atoms with Crippen LogP contribution in [0.5, 0.6) is 0 Å². The van der Waals surface area contributed by atoms with E-state index in [-0.39, 0.29) is 0 Å². The molecule has 0 bridgehead atoms. The van der Waals surface area contributed by atoms with Crippen LogP contribution in [0.2, 0.25) is 0 Å². The van der Waals surface area contributed by atoms with Gasteiger partial charge in [-0.25, -0.2) is 9.67 Å². The van der Waals surface area contributed by atoms with Crippen LogP contribution in [0, 0.1) is 5.92 Å². The number of aromatic nitrogens is 3. The van der Waals surface area contributed by atoms with Gasteiger partial charge in [0, 0.05) is 13.0 Å². The van der Waals surface area contributed by atoms with E-state index in [1.54, 1.807) is 0 Å². The van der Waals surface area contributed by atoms with E-state index < -0.39 is 11.9 Å². The molecule has 5 nitrogen and oxygen atoms in total. The number of carboxylic acids is 1. The molecule has 2 aliphatic heterocycles. The van der Waals surface area contributed by atoms with Crippen molar-refractivity contribution in [3.63, 3.8) is 0 Å². The lowest BCUT2D eigenvalue weighted by atomic mass is 9.99. The van der Waals surface area contributed by atoms with Crippen molar-refractivity contribution in [3.05, 3.63) is 11.6 Å². The Morgan fingerprint density at radius 2 is 2.32 bits per heavy atom. The van der Waals surface area contributed by atoms with E-state index in [4.69, 9.17) is 0 Å². The molecule has 0 aromatic carbocycles. The van der Waals surface area contributed by atoms with E-state index in [2.05, 4.69) is 10.1 Å². The van der Waals surface area contributed by atoms with Crippen LogP contribution in [0.3, 0.4) is 0 Å². The Kier molecular flexibility index (Phi) is 3.77. The van der Waals surface area contributed by atoms with Crippen molar-refractivity contribution >= 4 is 17.7 Å². The Hall–Kier alpha value is -1.04. The molecule has 0 aliphatic carbocycles. The molecule has 0 saturated carbocycles. The van der Waals surface area contributed by atoms with Gasteiger partial charge >= 0.3 is 5.97 Å². The highest BCUT2D eigenvalue weighted by molar-refractivity contribution is 7.99. The van der Waals surface area contributed by atoms with E-state index in [1.807, 2.05) is 16.4 Å². The zero-order chi connectivity index (χ0) is 13.2. The fourth-order valence-corrected chi connectivity index (χ4v) is 4.10. The molecule has 0 radical (unpaired) electrons. The minimum absolute atomic E-state index is 0.462. The average Bonchev–Trinajstić information content (AvgIpc) is 2.81. The van der Waals surface area contributed by atoms with E-state index >= 15 is 0 Å². The molecule has 1 saturated heterocycles. The highest BCUT2D eigenvalue weighted by Crippen LogP contribution is 2.28. The summed E-state index contributed by atoms with van der Waals surface area (Å²) in [4.78, 5) is 15.7. The molecule has 3 rings (SSSR count). The molecule has 0 spiro atoms. The number of hydrogen-bond acceptors (Lipinski definition) is 4. The van der Waals surface area contributed by atoms with Crippen molar-refractivity contribution in [1.82, 2.24) is 14.8 Å². The highest BCUT2D eigenvalue weighted by atomic mass is 32.2. The van der Waals surface area contributed by atoms with Gasteiger partial charge in [-0.1, -0.05) is 0 Å². The van der Waals surface area contributed by atoms with Gasteiger partial charge in [0.05, 0.1) is 0 Å². The van der Waals surface area contributed by atoms with Crippen LogP contribution in [0.1, 0.15) is 43.3 Å². The second kappa shape index (κ2) is 5.53. The van der Waals surface area contributed by atoms with Crippen molar-refractivity contribution in [3.8, 4) is 0 Å². The SMILES string of the molecule is O=C(O)C1CCCn2nc(CC3CCCSC3)nc21. The fourth-order valence-electron chi connectivity index (χ4n) is 2.95. The van der Waals surface area contributed by atoms with Gasteiger partial charge in [0.25, 0.3) is 0 Å². The number of aliphatic carboxylic acids is 1. The van der Waals surface area contributed by atoms with E-state index in [0.717, 1.165) is 25.2 Å². The Balaban J connectivity index is 1.75. The molecule has 2 aliphatic rings. The van der Waals surface area contributed by atoms with Crippen molar-refractivity contribution < 1.29 is 9.90 Å². The van der Waals surface area contributed by atoms with Gasteiger partial charge < -0.3 is 5.11 Å². The van der Waals surface area contributed by atoms with Crippen molar-refractivity contribution in [1.29, 1.82) is 0 Å². The summed E-state index contributed by atoms with van der Waals surface area (Å²) in [6.45, 7) is 0.811. The van der Waals surface area contributed by atoms with Gasteiger partial charge in [-0.05, 0) is 43.1 Å². The van der Waals surface area contributed by atoms with E-state index in [0.29, 0.717) is 18.2 Å². The second-order valence-corrected chi connectivity index (χ2v) is 6.58. The molecule has 19 heavy (non-hydrogen) atoms. The Labute approximate surface area is 116 Å². The van der Waals surface area contributed by atoms with Crippen LogP contribution in [-0.2, 0) is 17.8 Å². The monoisotopic (exact) mass is 281 g/mol. The maximum atomic E-state index is 11.2. The molecular formula is C13H19N3O2S. The van der Waals surface area contributed by atoms with Crippen LogP contribution in [0.4, 0.5) is 0 Å². The number of carbonyl (C=O) groups is 1. The summed E-state index contributed by atoms with van der Waals surface area (Å²) in [5, 5.41) is 13.7. The topological polar surface area (TPSA) is 68.0 Å². The quantitative estimate of drug-likeness (QED) is 0.917. The first-order chi connectivity index (χ1) is 9.24. The van der Waals surface area contributed by atoms with Crippen LogP contribution in [-0.4, -0.2) is 37.3 Å². The summed E-state index contributed by atoms with van der Waals surface area (Å²) < 4.78 is 1.81. The molecule has 0 amide bonds. The average molecular weight is 281 g/mol. The molecule has 1 N–H and O–H groups in total. The lowest BCUT2D eigenvalue weighted by Crippen LogP contribution is -2.22. The second-order valence-electron chi connectivity index (χ2n) is 5.43. The van der Waals surface area contributed by atoms with Crippen LogP contribution in [0.15, 0.2) is 0 Å². The van der Waals surface area contributed by atoms with Crippen molar-refractivity contribution in [2.45, 2.75) is 44.6 Å². The van der Waals surface area contributed by atoms with Crippen LogP contribution in [0.25, 0.3) is 0 Å². The zero-order valence-electron chi connectivity index (χ0n) is 10.9. The summed E-state index contributed by atoms with van der Waals surface area (Å²) in [7, 11) is 0. The zero-order valence-corrected chi connectivity index (χ0v) is 11.7. The lowest BCUT2D eigenvalue weighted by molar-refractivity contribution is -0.139. The molecule has 6 heteroatoms. The minimum atomic E-state index is -0.770. The predicted octanol–water partition coefficient (Wildman–Crippen LogP) is 1.93. The summed E-state index contributed by atoms with van der Waals surface area (Å²) in [5.74, 6) is 3.39. The highest BCUT2D eigenvalue weighted by Gasteiger charge is 2.30. The number of nitrogens with zero attached hydrogens (tertiary/aromatic N) is 3. The first kappa shape index (κ1) is 13.0. The maximum Gasteiger partial charge on any atom is 0.314 e. The van der Waals surface area contributed by atoms with E-state index in [9.17, 15) is 9.90 Å². The maximum absolute atomic E-state index is 11.2. The van der Waals surface area contributed by atoms with Gasteiger partial charge in [-0.15, -0.1) is 0 Å². The number of thioether (sulfide) groups is 1. The van der Waals surface area contributed by atoms with E-state index in [1.165, 1.54) is 24.3 Å². The Morgan fingerprint density at radius 1 is 1.42 bits per heavy atom. The molecule has 1 aromatic heterocycles. The summed E-state index contributed by atoms with van der Waals surface area (Å²) in [5.41, 5.74) is 0. The van der Waals surface area contributed by atoms with Crippen molar-refractivity contribution in [2.75, 3.05) is 11.5 Å². The first-order valence-corrected chi connectivity index (χ1v) is 8.13.